The number of para-hydroxylation sites is 1. The third-order valence-electron chi connectivity index (χ3n) is 2.31. The molecule has 4 nitrogen and oxygen atoms in total. The molecule has 0 aliphatic carbocycles. The molecule has 0 saturated heterocycles. The first-order valence-electron chi connectivity index (χ1n) is 5.91. The second-order valence-electron chi connectivity index (χ2n) is 5.26. The highest BCUT2D eigenvalue weighted by Crippen LogP contribution is 2.15. The molecule has 1 atom stereocenters. The molecule has 0 fully saturated rings. The highest BCUT2D eigenvalue weighted by molar-refractivity contribution is 5.85. The van der Waals surface area contributed by atoms with Gasteiger partial charge in [-0.25, -0.2) is 0 Å². The maximum atomic E-state index is 11.9. The number of rotatable bonds is 3. The SMILES string of the molecule is CC(Nc1ccccc1C#N)C(=O)NC(C)(C)C. The Balaban J connectivity index is 2.73. The molecule has 2 N–H and O–H groups in total. The molecule has 0 bridgehead atoms. The van der Waals surface area contributed by atoms with Gasteiger partial charge in [-0.2, -0.15) is 5.26 Å². The zero-order chi connectivity index (χ0) is 13.8. The minimum atomic E-state index is -0.390. The number of nitrogens with one attached hydrogen (secondary N) is 2. The molecule has 1 unspecified atom stereocenters. The number of carbonyl (C=O) groups is 1. The van der Waals surface area contributed by atoms with Crippen molar-refractivity contribution in [1.29, 1.82) is 5.26 Å². The molecule has 0 radical (unpaired) electrons. The first-order valence-corrected chi connectivity index (χ1v) is 5.91. The Bertz CT molecular complexity index is 469. The normalized spacial score (nSPS) is 12.4. The minimum absolute atomic E-state index is 0.0877. The lowest BCUT2D eigenvalue weighted by Gasteiger charge is -2.24. The van der Waals surface area contributed by atoms with Crippen molar-refractivity contribution in [2.75, 3.05) is 5.32 Å². The lowest BCUT2D eigenvalue weighted by molar-refractivity contribution is -0.122. The van der Waals surface area contributed by atoms with Crippen molar-refractivity contribution in [2.24, 2.45) is 0 Å². The largest absolute Gasteiger partial charge is 0.373 e. The summed E-state index contributed by atoms with van der Waals surface area (Å²) in [5, 5.41) is 14.9. The van der Waals surface area contributed by atoms with Gasteiger partial charge in [0, 0.05) is 5.54 Å². The van der Waals surface area contributed by atoms with E-state index in [1.165, 1.54) is 0 Å². The number of nitrogens with zero attached hydrogens (tertiary/aromatic N) is 1. The van der Waals surface area contributed by atoms with E-state index < -0.39 is 6.04 Å². The van der Waals surface area contributed by atoms with E-state index in [-0.39, 0.29) is 11.4 Å². The first-order chi connectivity index (χ1) is 8.33. The molecule has 0 saturated carbocycles. The Labute approximate surface area is 108 Å². The van der Waals surface area contributed by atoms with Gasteiger partial charge in [-0.15, -0.1) is 0 Å². The highest BCUT2D eigenvalue weighted by Gasteiger charge is 2.19. The summed E-state index contributed by atoms with van der Waals surface area (Å²) in [6, 6.07) is 8.84. The number of amides is 1. The molecule has 1 aromatic carbocycles. The molecule has 1 amide bonds. The predicted molar refractivity (Wildman–Crippen MR) is 72.1 cm³/mol. The molecule has 96 valence electrons. The summed E-state index contributed by atoms with van der Waals surface area (Å²) in [5.74, 6) is -0.0877. The predicted octanol–water partition coefficient (Wildman–Crippen LogP) is 2.27. The van der Waals surface area contributed by atoms with Gasteiger partial charge < -0.3 is 10.6 Å². The zero-order valence-corrected chi connectivity index (χ0v) is 11.2. The van der Waals surface area contributed by atoms with Crippen molar-refractivity contribution in [1.82, 2.24) is 5.32 Å². The van der Waals surface area contributed by atoms with E-state index >= 15 is 0 Å². The quantitative estimate of drug-likeness (QED) is 0.858. The second-order valence-corrected chi connectivity index (χ2v) is 5.26. The van der Waals surface area contributed by atoms with E-state index in [4.69, 9.17) is 5.26 Å². The Hall–Kier alpha value is -2.02. The van der Waals surface area contributed by atoms with Gasteiger partial charge in [0.25, 0.3) is 0 Å². The van der Waals surface area contributed by atoms with Crippen molar-refractivity contribution in [3.05, 3.63) is 29.8 Å². The van der Waals surface area contributed by atoms with Crippen LogP contribution >= 0.6 is 0 Å². The Kier molecular flexibility index (Phi) is 4.33. The molecule has 0 aliphatic heterocycles. The number of carbonyl (C=O) groups excluding carboxylic acids is 1. The van der Waals surface area contributed by atoms with E-state index in [1.54, 1.807) is 25.1 Å². The summed E-state index contributed by atoms with van der Waals surface area (Å²) in [6.45, 7) is 7.57. The van der Waals surface area contributed by atoms with Gasteiger partial charge in [-0.3, -0.25) is 4.79 Å². The Morgan fingerprint density at radius 1 is 1.33 bits per heavy atom. The molecule has 0 spiro atoms. The zero-order valence-electron chi connectivity index (χ0n) is 11.2. The van der Waals surface area contributed by atoms with Gasteiger partial charge >= 0.3 is 0 Å². The molecule has 1 rings (SSSR count). The lowest BCUT2D eigenvalue weighted by atomic mass is 10.1. The molecular formula is C14H19N3O. The minimum Gasteiger partial charge on any atom is -0.373 e. The average molecular weight is 245 g/mol. The van der Waals surface area contributed by atoms with Gasteiger partial charge in [0.2, 0.25) is 5.91 Å². The maximum absolute atomic E-state index is 11.9. The Morgan fingerprint density at radius 2 is 1.94 bits per heavy atom. The van der Waals surface area contributed by atoms with Gasteiger partial charge in [0.05, 0.1) is 11.3 Å². The van der Waals surface area contributed by atoms with Crippen LogP contribution in [0.4, 0.5) is 5.69 Å². The molecule has 0 aliphatic rings. The van der Waals surface area contributed by atoms with Crippen molar-refractivity contribution >= 4 is 11.6 Å². The van der Waals surface area contributed by atoms with E-state index in [1.807, 2.05) is 26.8 Å². The molecule has 1 aromatic rings. The van der Waals surface area contributed by atoms with Crippen LogP contribution in [0.3, 0.4) is 0 Å². The van der Waals surface area contributed by atoms with Crippen LogP contribution in [0.2, 0.25) is 0 Å². The fraction of sp³-hybridized carbons (Fsp3) is 0.429. The van der Waals surface area contributed by atoms with Crippen molar-refractivity contribution in [3.63, 3.8) is 0 Å². The fourth-order valence-corrected chi connectivity index (χ4v) is 1.48. The van der Waals surface area contributed by atoms with E-state index in [0.29, 0.717) is 11.3 Å². The number of hydrogen-bond donors (Lipinski definition) is 2. The third kappa shape index (κ3) is 4.10. The molecule has 0 heterocycles. The number of benzene rings is 1. The number of hydrogen-bond acceptors (Lipinski definition) is 3. The fourth-order valence-electron chi connectivity index (χ4n) is 1.48. The van der Waals surface area contributed by atoms with E-state index in [9.17, 15) is 4.79 Å². The summed E-state index contributed by atoms with van der Waals surface area (Å²) in [5.41, 5.74) is 0.950. The van der Waals surface area contributed by atoms with Crippen LogP contribution in [0.25, 0.3) is 0 Å². The van der Waals surface area contributed by atoms with Crippen LogP contribution in [-0.4, -0.2) is 17.5 Å². The molecule has 0 aromatic heterocycles. The summed E-state index contributed by atoms with van der Waals surface area (Å²) in [6.07, 6.45) is 0. The van der Waals surface area contributed by atoms with Crippen LogP contribution in [0.1, 0.15) is 33.3 Å². The van der Waals surface area contributed by atoms with Crippen LogP contribution in [0, 0.1) is 11.3 Å². The van der Waals surface area contributed by atoms with E-state index in [0.717, 1.165) is 0 Å². The lowest BCUT2D eigenvalue weighted by Crippen LogP contribution is -2.47. The number of anilines is 1. The van der Waals surface area contributed by atoms with Crippen molar-refractivity contribution in [2.45, 2.75) is 39.3 Å². The van der Waals surface area contributed by atoms with Gasteiger partial charge in [0.1, 0.15) is 12.1 Å². The van der Waals surface area contributed by atoms with Crippen LogP contribution in [0.5, 0.6) is 0 Å². The Morgan fingerprint density at radius 3 is 2.50 bits per heavy atom. The van der Waals surface area contributed by atoms with Crippen LogP contribution in [-0.2, 0) is 4.79 Å². The first kappa shape index (κ1) is 14.0. The molecule has 18 heavy (non-hydrogen) atoms. The van der Waals surface area contributed by atoms with Gasteiger partial charge in [0.15, 0.2) is 0 Å². The van der Waals surface area contributed by atoms with Gasteiger partial charge in [-0.1, -0.05) is 12.1 Å². The summed E-state index contributed by atoms with van der Waals surface area (Å²) in [4.78, 5) is 11.9. The molecule has 4 heteroatoms. The standard InChI is InChI=1S/C14H19N3O/c1-10(13(18)17-14(2,3)4)16-12-8-6-5-7-11(12)9-15/h5-8,10,16H,1-4H3,(H,17,18). The summed E-state index contributed by atoms with van der Waals surface area (Å²) < 4.78 is 0. The van der Waals surface area contributed by atoms with Crippen molar-refractivity contribution in [3.8, 4) is 6.07 Å². The molecular weight excluding hydrogens is 226 g/mol. The maximum Gasteiger partial charge on any atom is 0.242 e. The second kappa shape index (κ2) is 5.54. The smallest absolute Gasteiger partial charge is 0.242 e. The highest BCUT2D eigenvalue weighted by atomic mass is 16.2. The summed E-state index contributed by atoms with van der Waals surface area (Å²) >= 11 is 0. The topological polar surface area (TPSA) is 64.9 Å². The third-order valence-corrected chi connectivity index (χ3v) is 2.31. The van der Waals surface area contributed by atoms with Crippen molar-refractivity contribution < 1.29 is 4.79 Å². The van der Waals surface area contributed by atoms with Crippen LogP contribution < -0.4 is 10.6 Å². The van der Waals surface area contributed by atoms with Gasteiger partial charge in [-0.05, 0) is 39.8 Å². The average Bonchev–Trinajstić information content (AvgIpc) is 2.27. The number of nitriles is 1. The summed E-state index contributed by atoms with van der Waals surface area (Å²) in [7, 11) is 0. The van der Waals surface area contributed by atoms with Crippen LogP contribution in [0.15, 0.2) is 24.3 Å². The monoisotopic (exact) mass is 245 g/mol. The van der Waals surface area contributed by atoms with E-state index in [2.05, 4.69) is 16.7 Å².